The van der Waals surface area contributed by atoms with Crippen molar-refractivity contribution in [2.75, 3.05) is 5.73 Å². The highest BCUT2D eigenvalue weighted by molar-refractivity contribution is 5.63. The fourth-order valence-corrected chi connectivity index (χ4v) is 2.12. The molecule has 2 heterocycles. The van der Waals surface area contributed by atoms with E-state index in [2.05, 4.69) is 23.1 Å². The Kier molecular flexibility index (Phi) is 3.02. The van der Waals surface area contributed by atoms with Crippen LogP contribution in [0.25, 0.3) is 5.82 Å². The van der Waals surface area contributed by atoms with Gasteiger partial charge in [0.05, 0.1) is 16.9 Å². The second kappa shape index (κ2) is 4.49. The molecule has 0 saturated carbocycles. The fourth-order valence-electron chi connectivity index (χ4n) is 2.12. The topological polar surface area (TPSA) is 80.5 Å². The Morgan fingerprint density at radius 3 is 2.72 bits per heavy atom. The van der Waals surface area contributed by atoms with Crippen LogP contribution >= 0.6 is 0 Å². The Bertz CT molecular complexity index is 634. The molecule has 2 aromatic rings. The van der Waals surface area contributed by atoms with Gasteiger partial charge in [-0.15, -0.1) is 0 Å². The summed E-state index contributed by atoms with van der Waals surface area (Å²) in [5.74, 6) is 0.523. The Morgan fingerprint density at radius 1 is 1.44 bits per heavy atom. The average molecular weight is 241 g/mol. The first-order chi connectivity index (χ1) is 8.60. The van der Waals surface area contributed by atoms with Crippen molar-refractivity contribution in [3.8, 4) is 11.9 Å². The van der Waals surface area contributed by atoms with Crippen LogP contribution in [0.4, 0.5) is 5.69 Å². The molecular formula is C13H15N5. The Labute approximate surface area is 106 Å². The first-order valence-corrected chi connectivity index (χ1v) is 5.80. The first kappa shape index (κ1) is 12.1. The predicted molar refractivity (Wildman–Crippen MR) is 69.3 cm³/mol. The molecule has 0 radical (unpaired) electrons. The van der Waals surface area contributed by atoms with E-state index < -0.39 is 0 Å². The summed E-state index contributed by atoms with van der Waals surface area (Å²) in [7, 11) is 0. The molecule has 92 valence electrons. The van der Waals surface area contributed by atoms with Crippen LogP contribution in [0.3, 0.4) is 0 Å². The van der Waals surface area contributed by atoms with Crippen molar-refractivity contribution in [3.63, 3.8) is 0 Å². The summed E-state index contributed by atoms with van der Waals surface area (Å²) in [5.41, 5.74) is 9.92. The maximum absolute atomic E-state index is 8.98. The highest BCUT2D eigenvalue weighted by Crippen LogP contribution is 2.22. The molecule has 0 aliphatic carbocycles. The van der Waals surface area contributed by atoms with E-state index in [9.17, 15) is 0 Å². The maximum atomic E-state index is 8.98. The summed E-state index contributed by atoms with van der Waals surface area (Å²) in [6.45, 7) is 6.04. The van der Waals surface area contributed by atoms with Crippen LogP contribution in [0.2, 0.25) is 0 Å². The van der Waals surface area contributed by atoms with Crippen molar-refractivity contribution in [2.24, 2.45) is 0 Å². The molecule has 0 bridgehead atoms. The Morgan fingerprint density at radius 2 is 2.17 bits per heavy atom. The molecule has 0 saturated heterocycles. The van der Waals surface area contributed by atoms with Crippen molar-refractivity contribution in [2.45, 2.75) is 27.2 Å². The maximum Gasteiger partial charge on any atom is 0.178 e. The Balaban J connectivity index is 2.67. The van der Waals surface area contributed by atoms with E-state index in [0.717, 1.165) is 17.8 Å². The second-order valence-corrected chi connectivity index (χ2v) is 4.12. The summed E-state index contributed by atoms with van der Waals surface area (Å²) in [6.07, 6.45) is 2.49. The predicted octanol–water partition coefficient (Wildman–Crippen LogP) is 1.90. The monoisotopic (exact) mass is 241 g/mol. The van der Waals surface area contributed by atoms with Crippen molar-refractivity contribution in [1.82, 2.24) is 14.8 Å². The van der Waals surface area contributed by atoms with Gasteiger partial charge in [-0.2, -0.15) is 10.4 Å². The smallest absolute Gasteiger partial charge is 0.178 e. The number of nitrogens with two attached hydrogens (primary N) is 1. The van der Waals surface area contributed by atoms with E-state index in [0.29, 0.717) is 17.1 Å². The van der Waals surface area contributed by atoms with Crippen LogP contribution in [0.15, 0.2) is 12.3 Å². The van der Waals surface area contributed by atoms with Gasteiger partial charge in [-0.25, -0.2) is 9.67 Å². The van der Waals surface area contributed by atoms with E-state index >= 15 is 0 Å². The number of anilines is 1. The number of nitriles is 1. The van der Waals surface area contributed by atoms with Crippen LogP contribution in [-0.4, -0.2) is 14.8 Å². The van der Waals surface area contributed by atoms with Gasteiger partial charge in [-0.3, -0.25) is 0 Å². The minimum absolute atomic E-state index is 0.369. The molecule has 0 amide bonds. The van der Waals surface area contributed by atoms with Crippen molar-refractivity contribution in [1.29, 1.82) is 5.26 Å². The minimum atomic E-state index is 0.369. The lowest BCUT2D eigenvalue weighted by Gasteiger charge is -2.07. The fraction of sp³-hybridized carbons (Fsp3) is 0.308. The molecule has 18 heavy (non-hydrogen) atoms. The van der Waals surface area contributed by atoms with Crippen LogP contribution in [-0.2, 0) is 6.42 Å². The number of nitrogens with zero attached hydrogens (tertiary/aromatic N) is 4. The molecule has 0 aromatic carbocycles. The summed E-state index contributed by atoms with van der Waals surface area (Å²) in [4.78, 5) is 4.23. The lowest BCUT2D eigenvalue weighted by atomic mass is 10.1. The summed E-state index contributed by atoms with van der Waals surface area (Å²) in [5, 5.41) is 13.4. The van der Waals surface area contributed by atoms with Gasteiger partial charge in [-0.1, -0.05) is 6.92 Å². The largest absolute Gasteiger partial charge is 0.395 e. The van der Waals surface area contributed by atoms with Gasteiger partial charge in [0.1, 0.15) is 6.07 Å². The average Bonchev–Trinajstić information content (AvgIpc) is 2.64. The Hall–Kier alpha value is -2.35. The zero-order chi connectivity index (χ0) is 13.3. The molecule has 0 unspecified atom stereocenters. The minimum Gasteiger partial charge on any atom is -0.395 e. The number of pyridine rings is 1. The van der Waals surface area contributed by atoms with E-state index in [1.54, 1.807) is 16.9 Å². The molecule has 0 fully saturated rings. The van der Waals surface area contributed by atoms with Gasteiger partial charge in [0, 0.05) is 11.9 Å². The standard InChI is InChI=1S/C13H15N5/c1-4-11-8(2)17-18(9(11)3)13-12(15)10(7-14)5-6-16-13/h5-6H,4,15H2,1-3H3. The number of hydrogen-bond acceptors (Lipinski definition) is 4. The van der Waals surface area contributed by atoms with E-state index in [-0.39, 0.29) is 0 Å². The number of rotatable bonds is 2. The third-order valence-electron chi connectivity index (χ3n) is 3.08. The first-order valence-electron chi connectivity index (χ1n) is 5.80. The van der Waals surface area contributed by atoms with Crippen LogP contribution in [0.1, 0.15) is 29.4 Å². The van der Waals surface area contributed by atoms with Gasteiger partial charge in [0.15, 0.2) is 5.82 Å². The molecule has 0 aliphatic rings. The molecule has 2 rings (SSSR count). The molecular weight excluding hydrogens is 226 g/mol. The third-order valence-corrected chi connectivity index (χ3v) is 3.08. The van der Waals surface area contributed by atoms with Gasteiger partial charge < -0.3 is 5.73 Å². The molecule has 5 heteroatoms. The third kappa shape index (κ3) is 1.72. The van der Waals surface area contributed by atoms with Gasteiger partial charge in [0.2, 0.25) is 0 Å². The van der Waals surface area contributed by atoms with E-state index in [4.69, 9.17) is 11.0 Å². The SMILES string of the molecule is CCc1c(C)nn(-c2nccc(C#N)c2N)c1C. The zero-order valence-electron chi connectivity index (χ0n) is 10.7. The van der Waals surface area contributed by atoms with Crippen molar-refractivity contribution >= 4 is 5.69 Å². The molecule has 2 aromatic heterocycles. The number of nitrogen functional groups attached to an aromatic ring is 1. The quantitative estimate of drug-likeness (QED) is 0.870. The molecule has 0 atom stereocenters. The zero-order valence-corrected chi connectivity index (χ0v) is 10.7. The van der Waals surface area contributed by atoms with Crippen LogP contribution in [0, 0.1) is 25.2 Å². The molecule has 0 spiro atoms. The van der Waals surface area contributed by atoms with E-state index in [1.807, 2.05) is 13.8 Å². The number of aromatic nitrogens is 3. The highest BCUT2D eigenvalue weighted by atomic mass is 15.3. The van der Waals surface area contributed by atoms with Crippen LogP contribution < -0.4 is 5.73 Å². The lowest BCUT2D eigenvalue weighted by Crippen LogP contribution is -2.07. The van der Waals surface area contributed by atoms with Gasteiger partial charge in [-0.05, 0) is 31.9 Å². The lowest BCUT2D eigenvalue weighted by molar-refractivity contribution is 0.807. The van der Waals surface area contributed by atoms with Crippen molar-refractivity contribution in [3.05, 3.63) is 34.8 Å². The van der Waals surface area contributed by atoms with Crippen molar-refractivity contribution < 1.29 is 0 Å². The number of hydrogen-bond donors (Lipinski definition) is 1. The van der Waals surface area contributed by atoms with Crippen LogP contribution in [0.5, 0.6) is 0 Å². The van der Waals surface area contributed by atoms with Gasteiger partial charge in [0.25, 0.3) is 0 Å². The summed E-state index contributed by atoms with van der Waals surface area (Å²) >= 11 is 0. The second-order valence-electron chi connectivity index (χ2n) is 4.12. The molecule has 0 aliphatic heterocycles. The highest BCUT2D eigenvalue weighted by Gasteiger charge is 2.15. The van der Waals surface area contributed by atoms with E-state index in [1.165, 1.54) is 5.56 Å². The summed E-state index contributed by atoms with van der Waals surface area (Å²) < 4.78 is 1.71. The summed E-state index contributed by atoms with van der Waals surface area (Å²) in [6, 6.07) is 3.66. The molecule has 2 N–H and O–H groups in total. The normalized spacial score (nSPS) is 10.3. The molecule has 5 nitrogen and oxygen atoms in total. The van der Waals surface area contributed by atoms with Gasteiger partial charge >= 0.3 is 0 Å². The number of aryl methyl sites for hydroxylation is 1.